The van der Waals surface area contributed by atoms with Crippen LogP contribution >= 0.6 is 0 Å². The average molecular weight is 186 g/mol. The minimum absolute atomic E-state index is 0.656. The molecular weight excluding hydrogens is 160 g/mol. The zero-order chi connectivity index (χ0) is 10.1. The summed E-state index contributed by atoms with van der Waals surface area (Å²) in [7, 11) is 0. The number of hydrogen-bond donors (Lipinski definition) is 2. The summed E-state index contributed by atoms with van der Waals surface area (Å²) in [5.74, 6) is 0. The van der Waals surface area contributed by atoms with Crippen LogP contribution in [0.15, 0.2) is 0 Å². The molecule has 2 nitrogen and oxygen atoms in total. The molecule has 0 heterocycles. The summed E-state index contributed by atoms with van der Waals surface area (Å²) < 4.78 is 0. The topological polar surface area (TPSA) is 24.1 Å². The molecule has 2 heteroatoms. The second-order valence-corrected chi connectivity index (χ2v) is 3.73. The standard InChI is InChI=1S/C11H26N2/c1-5-10(4)12-8-9-13-11(6-2)7-3/h10-13H,5-9H2,1-4H3. The fourth-order valence-electron chi connectivity index (χ4n) is 1.32. The lowest BCUT2D eigenvalue weighted by atomic mass is 10.2. The Morgan fingerprint density at radius 3 is 1.85 bits per heavy atom. The fourth-order valence-corrected chi connectivity index (χ4v) is 1.32. The third-order valence-electron chi connectivity index (χ3n) is 2.65. The van der Waals surface area contributed by atoms with Crippen LogP contribution < -0.4 is 10.6 Å². The lowest BCUT2D eigenvalue weighted by Crippen LogP contribution is -2.37. The molecule has 0 saturated carbocycles. The Labute approximate surface area is 83.5 Å². The van der Waals surface area contributed by atoms with Gasteiger partial charge in [0.15, 0.2) is 0 Å². The van der Waals surface area contributed by atoms with Gasteiger partial charge in [-0.2, -0.15) is 0 Å². The fraction of sp³-hybridized carbons (Fsp3) is 1.00. The maximum atomic E-state index is 3.54. The molecule has 0 fully saturated rings. The molecule has 0 saturated heterocycles. The van der Waals surface area contributed by atoms with Crippen LogP contribution in [-0.4, -0.2) is 25.2 Å². The predicted molar refractivity (Wildman–Crippen MR) is 60.1 cm³/mol. The minimum Gasteiger partial charge on any atom is -0.313 e. The predicted octanol–water partition coefficient (Wildman–Crippen LogP) is 2.15. The summed E-state index contributed by atoms with van der Waals surface area (Å²) in [4.78, 5) is 0. The molecule has 80 valence electrons. The van der Waals surface area contributed by atoms with Crippen LogP contribution in [0.3, 0.4) is 0 Å². The summed E-state index contributed by atoms with van der Waals surface area (Å²) in [5.41, 5.74) is 0. The van der Waals surface area contributed by atoms with Gasteiger partial charge < -0.3 is 10.6 Å². The molecule has 0 bridgehead atoms. The zero-order valence-corrected chi connectivity index (χ0v) is 9.69. The van der Waals surface area contributed by atoms with E-state index in [1.54, 1.807) is 0 Å². The summed E-state index contributed by atoms with van der Waals surface area (Å²) in [6.45, 7) is 11.1. The summed E-state index contributed by atoms with van der Waals surface area (Å²) >= 11 is 0. The number of rotatable bonds is 8. The van der Waals surface area contributed by atoms with E-state index in [2.05, 4.69) is 38.3 Å². The van der Waals surface area contributed by atoms with Crippen molar-refractivity contribution in [1.82, 2.24) is 10.6 Å². The second kappa shape index (κ2) is 8.52. The molecular formula is C11H26N2. The Morgan fingerprint density at radius 2 is 1.38 bits per heavy atom. The molecule has 0 aromatic heterocycles. The highest BCUT2D eigenvalue weighted by Crippen LogP contribution is 1.94. The highest BCUT2D eigenvalue weighted by atomic mass is 15.0. The Bertz CT molecular complexity index is 100. The van der Waals surface area contributed by atoms with E-state index in [-0.39, 0.29) is 0 Å². The highest BCUT2D eigenvalue weighted by Gasteiger charge is 2.01. The van der Waals surface area contributed by atoms with Gasteiger partial charge in [0.25, 0.3) is 0 Å². The molecule has 0 amide bonds. The van der Waals surface area contributed by atoms with Crippen LogP contribution in [0.2, 0.25) is 0 Å². The molecule has 13 heavy (non-hydrogen) atoms. The van der Waals surface area contributed by atoms with Gasteiger partial charge in [-0.05, 0) is 26.2 Å². The van der Waals surface area contributed by atoms with Crippen LogP contribution in [0, 0.1) is 0 Å². The third kappa shape index (κ3) is 7.03. The Kier molecular flexibility index (Phi) is 8.46. The highest BCUT2D eigenvalue weighted by molar-refractivity contribution is 4.64. The quantitative estimate of drug-likeness (QED) is 0.568. The van der Waals surface area contributed by atoms with Crippen LogP contribution in [0.5, 0.6) is 0 Å². The van der Waals surface area contributed by atoms with Crippen molar-refractivity contribution in [2.75, 3.05) is 13.1 Å². The Balaban J connectivity index is 3.23. The second-order valence-electron chi connectivity index (χ2n) is 3.73. The van der Waals surface area contributed by atoms with Crippen molar-refractivity contribution < 1.29 is 0 Å². The molecule has 0 aromatic carbocycles. The average Bonchev–Trinajstić information content (AvgIpc) is 2.18. The van der Waals surface area contributed by atoms with Crippen molar-refractivity contribution >= 4 is 0 Å². The van der Waals surface area contributed by atoms with Gasteiger partial charge in [-0.25, -0.2) is 0 Å². The molecule has 1 unspecified atom stereocenters. The lowest BCUT2D eigenvalue weighted by molar-refractivity contribution is 0.456. The monoisotopic (exact) mass is 186 g/mol. The molecule has 0 radical (unpaired) electrons. The van der Waals surface area contributed by atoms with Crippen LogP contribution in [-0.2, 0) is 0 Å². The van der Waals surface area contributed by atoms with Crippen molar-refractivity contribution in [2.45, 2.75) is 59.0 Å². The molecule has 2 N–H and O–H groups in total. The van der Waals surface area contributed by atoms with E-state index in [4.69, 9.17) is 0 Å². The minimum atomic E-state index is 0.656. The van der Waals surface area contributed by atoms with Gasteiger partial charge in [0, 0.05) is 25.2 Å². The van der Waals surface area contributed by atoms with E-state index >= 15 is 0 Å². The summed E-state index contributed by atoms with van der Waals surface area (Å²) in [6, 6.07) is 1.36. The number of hydrogen-bond acceptors (Lipinski definition) is 2. The molecule has 0 aromatic rings. The summed E-state index contributed by atoms with van der Waals surface area (Å²) in [6.07, 6.45) is 3.69. The van der Waals surface area contributed by atoms with Gasteiger partial charge in [0.05, 0.1) is 0 Å². The SMILES string of the molecule is CCC(C)NCCNC(CC)CC. The van der Waals surface area contributed by atoms with E-state index in [0.29, 0.717) is 12.1 Å². The maximum absolute atomic E-state index is 3.54. The molecule has 0 aliphatic rings. The zero-order valence-electron chi connectivity index (χ0n) is 9.69. The van der Waals surface area contributed by atoms with E-state index in [1.165, 1.54) is 19.3 Å². The van der Waals surface area contributed by atoms with Crippen LogP contribution in [0.1, 0.15) is 47.0 Å². The Hall–Kier alpha value is -0.0800. The normalized spacial score (nSPS) is 13.6. The molecule has 0 aliphatic carbocycles. The van der Waals surface area contributed by atoms with Gasteiger partial charge in [-0.1, -0.05) is 20.8 Å². The van der Waals surface area contributed by atoms with Gasteiger partial charge in [0.2, 0.25) is 0 Å². The first-order valence-electron chi connectivity index (χ1n) is 5.71. The molecule has 1 atom stereocenters. The first kappa shape index (κ1) is 12.9. The third-order valence-corrected chi connectivity index (χ3v) is 2.65. The lowest BCUT2D eigenvalue weighted by Gasteiger charge is -2.16. The van der Waals surface area contributed by atoms with Gasteiger partial charge >= 0.3 is 0 Å². The van der Waals surface area contributed by atoms with E-state index in [9.17, 15) is 0 Å². The van der Waals surface area contributed by atoms with Crippen molar-refractivity contribution in [2.24, 2.45) is 0 Å². The molecule has 0 rings (SSSR count). The van der Waals surface area contributed by atoms with Crippen molar-refractivity contribution in [3.8, 4) is 0 Å². The van der Waals surface area contributed by atoms with Gasteiger partial charge in [-0.3, -0.25) is 0 Å². The summed E-state index contributed by atoms with van der Waals surface area (Å²) in [5, 5.41) is 7.01. The Morgan fingerprint density at radius 1 is 0.846 bits per heavy atom. The van der Waals surface area contributed by atoms with Crippen LogP contribution in [0.4, 0.5) is 0 Å². The number of nitrogens with one attached hydrogen (secondary N) is 2. The van der Waals surface area contributed by atoms with Crippen LogP contribution in [0.25, 0.3) is 0 Å². The van der Waals surface area contributed by atoms with Gasteiger partial charge in [0.1, 0.15) is 0 Å². The van der Waals surface area contributed by atoms with E-state index in [1.807, 2.05) is 0 Å². The largest absolute Gasteiger partial charge is 0.313 e. The van der Waals surface area contributed by atoms with Crippen molar-refractivity contribution in [1.29, 1.82) is 0 Å². The first-order chi connectivity index (χ1) is 6.24. The van der Waals surface area contributed by atoms with Crippen molar-refractivity contribution in [3.05, 3.63) is 0 Å². The van der Waals surface area contributed by atoms with E-state index in [0.717, 1.165) is 13.1 Å². The van der Waals surface area contributed by atoms with Gasteiger partial charge in [-0.15, -0.1) is 0 Å². The maximum Gasteiger partial charge on any atom is 0.00794 e. The first-order valence-corrected chi connectivity index (χ1v) is 5.71. The smallest absolute Gasteiger partial charge is 0.00794 e. The molecule has 0 aliphatic heterocycles. The van der Waals surface area contributed by atoms with Crippen molar-refractivity contribution in [3.63, 3.8) is 0 Å². The molecule has 0 spiro atoms. The van der Waals surface area contributed by atoms with E-state index < -0.39 is 0 Å².